The van der Waals surface area contributed by atoms with Gasteiger partial charge in [0.05, 0.1) is 0 Å². The maximum atomic E-state index is 11.8. The van der Waals surface area contributed by atoms with Crippen LogP contribution in [0.2, 0.25) is 0 Å². The van der Waals surface area contributed by atoms with Crippen LogP contribution in [0.15, 0.2) is 0 Å². The smallest absolute Gasteiger partial charge is 0.348 e. The summed E-state index contributed by atoms with van der Waals surface area (Å²) in [6, 6.07) is -0.0801. The van der Waals surface area contributed by atoms with Crippen LogP contribution in [0.3, 0.4) is 0 Å². The fourth-order valence-electron chi connectivity index (χ4n) is 1.64. The zero-order chi connectivity index (χ0) is 10.8. The number of halogens is 3. The average Bonchev–Trinajstić information content (AvgIpc) is 2.45. The minimum absolute atomic E-state index is 0.0127. The van der Waals surface area contributed by atoms with Gasteiger partial charge in [-0.1, -0.05) is 6.42 Å². The number of carbonyl (C=O) groups excluding carboxylic acids is 1. The first-order chi connectivity index (χ1) is 6.41. The monoisotopic (exact) mass is 210 g/mol. The Morgan fingerprint density at radius 1 is 1.43 bits per heavy atom. The molecule has 0 aromatic carbocycles. The first kappa shape index (κ1) is 11.3. The maximum Gasteiger partial charge on any atom is 0.471 e. The van der Waals surface area contributed by atoms with Crippen molar-refractivity contribution in [2.45, 2.75) is 31.5 Å². The molecule has 1 rings (SSSR count). The van der Waals surface area contributed by atoms with Crippen molar-refractivity contribution in [2.75, 3.05) is 6.54 Å². The van der Waals surface area contributed by atoms with Crippen molar-refractivity contribution in [3.05, 3.63) is 0 Å². The lowest BCUT2D eigenvalue weighted by Crippen LogP contribution is -2.42. The Labute approximate surface area is 79.8 Å². The first-order valence-electron chi connectivity index (χ1n) is 4.52. The first-order valence-corrected chi connectivity index (χ1v) is 4.52. The summed E-state index contributed by atoms with van der Waals surface area (Å²) >= 11 is 0. The summed E-state index contributed by atoms with van der Waals surface area (Å²) in [7, 11) is 0. The van der Waals surface area contributed by atoms with Gasteiger partial charge in [0.25, 0.3) is 0 Å². The Balaban J connectivity index is 2.30. The highest BCUT2D eigenvalue weighted by Crippen LogP contribution is 2.23. The number of carbonyl (C=O) groups is 1. The Morgan fingerprint density at radius 2 is 2.07 bits per heavy atom. The van der Waals surface area contributed by atoms with Gasteiger partial charge < -0.3 is 11.1 Å². The van der Waals surface area contributed by atoms with E-state index in [0.29, 0.717) is 0 Å². The van der Waals surface area contributed by atoms with Gasteiger partial charge in [0.1, 0.15) is 0 Å². The fraction of sp³-hybridized carbons (Fsp3) is 0.875. The molecule has 1 aliphatic rings. The van der Waals surface area contributed by atoms with Gasteiger partial charge >= 0.3 is 12.1 Å². The molecular weight excluding hydrogens is 197 g/mol. The lowest BCUT2D eigenvalue weighted by molar-refractivity contribution is -0.173. The number of rotatable bonds is 2. The summed E-state index contributed by atoms with van der Waals surface area (Å²) in [5.41, 5.74) is 5.64. The molecule has 1 aliphatic carbocycles. The zero-order valence-corrected chi connectivity index (χ0v) is 7.60. The van der Waals surface area contributed by atoms with Gasteiger partial charge in [0, 0.05) is 12.6 Å². The van der Waals surface area contributed by atoms with Crippen molar-refractivity contribution in [3.8, 4) is 0 Å². The Morgan fingerprint density at radius 3 is 2.50 bits per heavy atom. The van der Waals surface area contributed by atoms with Crippen LogP contribution in [-0.2, 0) is 4.79 Å². The molecule has 0 bridgehead atoms. The summed E-state index contributed by atoms with van der Waals surface area (Å²) in [6.45, 7) is 0.0273. The van der Waals surface area contributed by atoms with Gasteiger partial charge in [0.2, 0.25) is 0 Å². The Hall–Kier alpha value is -0.780. The molecule has 2 unspecified atom stereocenters. The van der Waals surface area contributed by atoms with Gasteiger partial charge in [-0.05, 0) is 18.8 Å². The van der Waals surface area contributed by atoms with Crippen molar-refractivity contribution in [3.63, 3.8) is 0 Å². The molecule has 0 aromatic heterocycles. The minimum Gasteiger partial charge on any atom is -0.348 e. The standard InChI is InChI=1S/C8H13F3N2O/c9-8(10,11)7(14)13-4-5-2-1-3-6(5)12/h5-6H,1-4,12H2,(H,13,14). The van der Waals surface area contributed by atoms with Crippen LogP contribution >= 0.6 is 0 Å². The molecule has 1 amide bonds. The van der Waals surface area contributed by atoms with Crippen LogP contribution in [0.5, 0.6) is 0 Å². The van der Waals surface area contributed by atoms with E-state index in [1.807, 2.05) is 5.32 Å². The third-order valence-electron chi connectivity index (χ3n) is 2.50. The van der Waals surface area contributed by atoms with Crippen LogP contribution < -0.4 is 11.1 Å². The Bertz CT molecular complexity index is 217. The molecule has 0 aromatic rings. The predicted octanol–water partition coefficient (Wildman–Crippen LogP) is 0.792. The van der Waals surface area contributed by atoms with Gasteiger partial charge in [-0.15, -0.1) is 0 Å². The summed E-state index contributed by atoms with van der Waals surface area (Å²) in [5, 5.41) is 1.85. The highest BCUT2D eigenvalue weighted by Gasteiger charge is 2.39. The van der Waals surface area contributed by atoms with E-state index in [2.05, 4.69) is 0 Å². The van der Waals surface area contributed by atoms with E-state index >= 15 is 0 Å². The van der Waals surface area contributed by atoms with Gasteiger partial charge in [0.15, 0.2) is 0 Å². The molecule has 0 aliphatic heterocycles. The second-order valence-corrected chi connectivity index (χ2v) is 3.56. The van der Waals surface area contributed by atoms with E-state index in [-0.39, 0.29) is 18.5 Å². The summed E-state index contributed by atoms with van der Waals surface area (Å²) in [6.07, 6.45) is -2.25. The molecule has 1 saturated carbocycles. The van der Waals surface area contributed by atoms with Crippen LogP contribution in [0.25, 0.3) is 0 Å². The summed E-state index contributed by atoms with van der Waals surface area (Å²) in [4.78, 5) is 10.5. The lowest BCUT2D eigenvalue weighted by Gasteiger charge is -2.16. The van der Waals surface area contributed by atoms with Gasteiger partial charge in [-0.3, -0.25) is 4.79 Å². The zero-order valence-electron chi connectivity index (χ0n) is 7.60. The molecule has 14 heavy (non-hydrogen) atoms. The van der Waals surface area contributed by atoms with Crippen LogP contribution in [-0.4, -0.2) is 24.7 Å². The second kappa shape index (κ2) is 4.16. The van der Waals surface area contributed by atoms with Crippen molar-refractivity contribution >= 4 is 5.91 Å². The SMILES string of the molecule is NC1CCCC1CNC(=O)C(F)(F)F. The maximum absolute atomic E-state index is 11.8. The van der Waals surface area contributed by atoms with Crippen LogP contribution in [0.1, 0.15) is 19.3 Å². The largest absolute Gasteiger partial charge is 0.471 e. The van der Waals surface area contributed by atoms with Gasteiger partial charge in [-0.2, -0.15) is 13.2 Å². The van der Waals surface area contributed by atoms with E-state index in [1.165, 1.54) is 0 Å². The molecule has 2 atom stereocenters. The van der Waals surface area contributed by atoms with E-state index < -0.39 is 12.1 Å². The summed E-state index contributed by atoms with van der Waals surface area (Å²) < 4.78 is 35.3. The third kappa shape index (κ3) is 2.87. The normalized spacial score (nSPS) is 27.7. The highest BCUT2D eigenvalue weighted by molar-refractivity contribution is 5.81. The number of hydrogen-bond donors (Lipinski definition) is 2. The molecule has 1 fully saturated rings. The average molecular weight is 210 g/mol. The molecule has 0 spiro atoms. The van der Waals surface area contributed by atoms with E-state index in [4.69, 9.17) is 5.73 Å². The number of hydrogen-bond acceptors (Lipinski definition) is 2. The number of nitrogens with two attached hydrogens (primary N) is 1. The summed E-state index contributed by atoms with van der Waals surface area (Å²) in [5.74, 6) is -1.89. The van der Waals surface area contributed by atoms with Crippen molar-refractivity contribution in [2.24, 2.45) is 11.7 Å². The number of amides is 1. The van der Waals surface area contributed by atoms with Crippen molar-refractivity contribution < 1.29 is 18.0 Å². The van der Waals surface area contributed by atoms with E-state index in [0.717, 1.165) is 19.3 Å². The number of nitrogens with one attached hydrogen (secondary N) is 1. The quantitative estimate of drug-likeness (QED) is 0.708. The highest BCUT2D eigenvalue weighted by atomic mass is 19.4. The lowest BCUT2D eigenvalue weighted by atomic mass is 10.1. The predicted molar refractivity (Wildman–Crippen MR) is 44.4 cm³/mol. The Kier molecular flexibility index (Phi) is 3.36. The number of alkyl halides is 3. The van der Waals surface area contributed by atoms with Crippen molar-refractivity contribution in [1.82, 2.24) is 5.32 Å². The molecule has 82 valence electrons. The van der Waals surface area contributed by atoms with E-state index in [1.54, 1.807) is 0 Å². The van der Waals surface area contributed by atoms with Crippen molar-refractivity contribution in [1.29, 1.82) is 0 Å². The topological polar surface area (TPSA) is 55.1 Å². The van der Waals surface area contributed by atoms with Crippen LogP contribution in [0.4, 0.5) is 13.2 Å². The molecule has 0 heterocycles. The molecule has 0 saturated heterocycles. The molecule has 0 radical (unpaired) electrons. The molecule has 3 nitrogen and oxygen atoms in total. The second-order valence-electron chi connectivity index (χ2n) is 3.56. The van der Waals surface area contributed by atoms with Crippen LogP contribution in [0, 0.1) is 5.92 Å². The minimum atomic E-state index is -4.79. The molecule has 3 N–H and O–H groups in total. The molecule has 6 heteroatoms. The van der Waals surface area contributed by atoms with E-state index in [9.17, 15) is 18.0 Å². The third-order valence-corrected chi connectivity index (χ3v) is 2.50. The fourth-order valence-corrected chi connectivity index (χ4v) is 1.64. The van der Waals surface area contributed by atoms with Gasteiger partial charge in [-0.25, -0.2) is 0 Å². The molecular formula is C8H13F3N2O.